The van der Waals surface area contributed by atoms with E-state index in [-0.39, 0.29) is 24.2 Å². The van der Waals surface area contributed by atoms with Gasteiger partial charge in [0.25, 0.3) is 5.91 Å². The molecule has 0 spiro atoms. The van der Waals surface area contributed by atoms with Crippen LogP contribution in [0.2, 0.25) is 0 Å². The predicted molar refractivity (Wildman–Crippen MR) is 110 cm³/mol. The summed E-state index contributed by atoms with van der Waals surface area (Å²) in [4.78, 5) is 23.7. The molecule has 4 nitrogen and oxygen atoms in total. The van der Waals surface area contributed by atoms with Crippen molar-refractivity contribution in [2.45, 2.75) is 12.8 Å². The van der Waals surface area contributed by atoms with E-state index in [9.17, 15) is 9.59 Å². The lowest BCUT2D eigenvalue weighted by Crippen LogP contribution is -2.32. The Bertz CT molecular complexity index is 883. The number of amides is 1. The Morgan fingerprint density at radius 2 is 1.46 bits per heavy atom. The Kier molecular flexibility index (Phi) is 6.58. The van der Waals surface area contributed by atoms with Crippen molar-refractivity contribution < 1.29 is 14.3 Å². The lowest BCUT2D eigenvalue weighted by atomic mass is 9.91. The molecule has 3 aromatic rings. The zero-order valence-corrected chi connectivity index (χ0v) is 15.8. The van der Waals surface area contributed by atoms with Crippen molar-refractivity contribution in [3.63, 3.8) is 0 Å². The fraction of sp³-hybridized carbons (Fsp3) is 0.167. The average molecular weight is 373 g/mol. The highest BCUT2D eigenvalue weighted by molar-refractivity contribution is 5.94. The molecule has 0 bridgehead atoms. The van der Waals surface area contributed by atoms with Crippen molar-refractivity contribution in [2.24, 2.45) is 0 Å². The molecular formula is C24H23NO3. The number of carbonyl (C=O) groups excluding carboxylic acids is 2. The minimum absolute atomic E-state index is 0.0385. The second-order valence-electron chi connectivity index (χ2n) is 6.55. The maximum absolute atomic E-state index is 12.3. The number of hydrogen-bond donors (Lipinski definition) is 1. The Hall–Kier alpha value is -3.40. The summed E-state index contributed by atoms with van der Waals surface area (Å²) in [5, 5.41) is 2.96. The third kappa shape index (κ3) is 5.30. The van der Waals surface area contributed by atoms with Gasteiger partial charge < -0.3 is 10.1 Å². The lowest BCUT2D eigenvalue weighted by molar-refractivity contribution is -0.123. The van der Waals surface area contributed by atoms with Crippen LogP contribution in [0.25, 0.3) is 0 Å². The first-order valence-corrected chi connectivity index (χ1v) is 9.24. The number of Topliss-reactive ketones (excluding diaryl/α,β-unsaturated/α-hetero) is 1. The van der Waals surface area contributed by atoms with Crippen molar-refractivity contribution in [3.8, 4) is 5.75 Å². The molecule has 0 aliphatic heterocycles. The number of ketones is 1. The number of carbonyl (C=O) groups is 2. The van der Waals surface area contributed by atoms with Gasteiger partial charge in [-0.2, -0.15) is 0 Å². The van der Waals surface area contributed by atoms with E-state index in [1.165, 1.54) is 6.92 Å². The van der Waals surface area contributed by atoms with Gasteiger partial charge in [-0.15, -0.1) is 0 Å². The minimum Gasteiger partial charge on any atom is -0.484 e. The number of benzene rings is 3. The van der Waals surface area contributed by atoms with Crippen LogP contribution in [0.3, 0.4) is 0 Å². The molecule has 0 aliphatic carbocycles. The molecule has 0 aromatic heterocycles. The molecule has 1 amide bonds. The number of hydrogen-bond acceptors (Lipinski definition) is 3. The normalized spacial score (nSPS) is 10.5. The standard InChI is InChI=1S/C24H23NO3/c1-18(26)21-13-8-14-22(15-21)28-17-24(27)25-16-23(19-9-4-2-5-10-19)20-11-6-3-7-12-20/h2-15,23H,16-17H2,1H3,(H,25,27). The topological polar surface area (TPSA) is 55.4 Å². The quantitative estimate of drug-likeness (QED) is 0.602. The van der Waals surface area contributed by atoms with Crippen molar-refractivity contribution in [1.29, 1.82) is 0 Å². The van der Waals surface area contributed by atoms with E-state index in [2.05, 4.69) is 29.6 Å². The molecule has 4 heteroatoms. The minimum atomic E-state index is -0.204. The summed E-state index contributed by atoms with van der Waals surface area (Å²) in [6, 6.07) is 27.0. The van der Waals surface area contributed by atoms with Crippen LogP contribution in [0, 0.1) is 0 Å². The number of nitrogens with one attached hydrogen (secondary N) is 1. The molecule has 0 heterocycles. The van der Waals surface area contributed by atoms with Crippen LogP contribution in [-0.2, 0) is 4.79 Å². The maximum atomic E-state index is 12.3. The molecule has 0 radical (unpaired) electrons. The zero-order chi connectivity index (χ0) is 19.8. The highest BCUT2D eigenvalue weighted by Gasteiger charge is 2.15. The number of ether oxygens (including phenoxy) is 1. The van der Waals surface area contributed by atoms with Crippen molar-refractivity contribution in [1.82, 2.24) is 5.32 Å². The Morgan fingerprint density at radius 3 is 2.04 bits per heavy atom. The molecule has 1 N–H and O–H groups in total. The van der Waals surface area contributed by atoms with E-state index in [0.717, 1.165) is 11.1 Å². The van der Waals surface area contributed by atoms with Crippen LogP contribution in [0.5, 0.6) is 5.75 Å². The third-order valence-corrected chi connectivity index (χ3v) is 4.52. The largest absolute Gasteiger partial charge is 0.484 e. The van der Waals surface area contributed by atoms with E-state index < -0.39 is 0 Å². The van der Waals surface area contributed by atoms with Gasteiger partial charge in [0.05, 0.1) is 0 Å². The average Bonchev–Trinajstić information content (AvgIpc) is 2.74. The highest BCUT2D eigenvalue weighted by Crippen LogP contribution is 2.23. The molecule has 0 aliphatic rings. The molecule has 3 rings (SSSR count). The van der Waals surface area contributed by atoms with Crippen LogP contribution in [0.1, 0.15) is 34.3 Å². The van der Waals surface area contributed by atoms with E-state index in [1.807, 2.05) is 36.4 Å². The van der Waals surface area contributed by atoms with Gasteiger partial charge in [-0.3, -0.25) is 9.59 Å². The first kappa shape index (κ1) is 19.4. The SMILES string of the molecule is CC(=O)c1cccc(OCC(=O)NCC(c2ccccc2)c2ccccc2)c1. The summed E-state index contributed by atoms with van der Waals surface area (Å²) in [6.07, 6.45) is 0. The van der Waals surface area contributed by atoms with Crippen molar-refractivity contribution in [3.05, 3.63) is 102 Å². The molecule has 0 saturated heterocycles. The maximum Gasteiger partial charge on any atom is 0.257 e. The number of rotatable bonds is 8. The van der Waals surface area contributed by atoms with Gasteiger partial charge in [0.2, 0.25) is 0 Å². The summed E-state index contributed by atoms with van der Waals surface area (Å²) in [7, 11) is 0. The summed E-state index contributed by atoms with van der Waals surface area (Å²) in [5.74, 6) is 0.325. The summed E-state index contributed by atoms with van der Waals surface area (Å²) in [6.45, 7) is 1.88. The molecule has 3 aromatic carbocycles. The van der Waals surface area contributed by atoms with Gasteiger partial charge in [0, 0.05) is 18.0 Å². The van der Waals surface area contributed by atoms with Crippen LogP contribution in [-0.4, -0.2) is 24.8 Å². The predicted octanol–water partition coefficient (Wildman–Crippen LogP) is 4.22. The van der Waals surface area contributed by atoms with Gasteiger partial charge in [-0.25, -0.2) is 0 Å². The molecular weight excluding hydrogens is 350 g/mol. The summed E-state index contributed by atoms with van der Waals surface area (Å²) >= 11 is 0. The first-order valence-electron chi connectivity index (χ1n) is 9.24. The Labute approximate surface area is 165 Å². The van der Waals surface area contributed by atoms with Crippen LogP contribution in [0.15, 0.2) is 84.9 Å². The van der Waals surface area contributed by atoms with Crippen LogP contribution >= 0.6 is 0 Å². The Balaban J connectivity index is 1.61. The van der Waals surface area contributed by atoms with Crippen LogP contribution < -0.4 is 10.1 Å². The summed E-state index contributed by atoms with van der Waals surface area (Å²) < 4.78 is 5.54. The summed E-state index contributed by atoms with van der Waals surface area (Å²) in [5.41, 5.74) is 2.85. The Morgan fingerprint density at radius 1 is 0.857 bits per heavy atom. The molecule has 0 fully saturated rings. The first-order chi connectivity index (χ1) is 13.6. The molecule has 0 atom stereocenters. The fourth-order valence-electron chi connectivity index (χ4n) is 3.02. The zero-order valence-electron chi connectivity index (χ0n) is 15.8. The van der Waals surface area contributed by atoms with E-state index in [4.69, 9.17) is 4.74 Å². The van der Waals surface area contributed by atoms with E-state index in [1.54, 1.807) is 24.3 Å². The van der Waals surface area contributed by atoms with E-state index >= 15 is 0 Å². The van der Waals surface area contributed by atoms with Crippen LogP contribution in [0.4, 0.5) is 0 Å². The van der Waals surface area contributed by atoms with Gasteiger partial charge in [0.1, 0.15) is 5.75 Å². The second-order valence-corrected chi connectivity index (χ2v) is 6.55. The van der Waals surface area contributed by atoms with Crippen molar-refractivity contribution >= 4 is 11.7 Å². The third-order valence-electron chi connectivity index (χ3n) is 4.52. The molecule has 28 heavy (non-hydrogen) atoms. The fourth-order valence-corrected chi connectivity index (χ4v) is 3.02. The molecule has 0 saturated carbocycles. The monoisotopic (exact) mass is 373 g/mol. The van der Waals surface area contributed by atoms with Gasteiger partial charge in [0.15, 0.2) is 12.4 Å². The van der Waals surface area contributed by atoms with Gasteiger partial charge >= 0.3 is 0 Å². The highest BCUT2D eigenvalue weighted by atomic mass is 16.5. The van der Waals surface area contributed by atoms with Crippen molar-refractivity contribution in [2.75, 3.05) is 13.2 Å². The van der Waals surface area contributed by atoms with Gasteiger partial charge in [-0.05, 0) is 30.2 Å². The molecule has 0 unspecified atom stereocenters. The van der Waals surface area contributed by atoms with Gasteiger partial charge in [-0.1, -0.05) is 72.8 Å². The smallest absolute Gasteiger partial charge is 0.257 e. The van der Waals surface area contributed by atoms with E-state index in [0.29, 0.717) is 17.9 Å². The molecule has 142 valence electrons. The lowest BCUT2D eigenvalue weighted by Gasteiger charge is -2.19. The second kappa shape index (κ2) is 9.51.